The Morgan fingerprint density at radius 2 is 2.17 bits per heavy atom. The van der Waals surface area contributed by atoms with E-state index >= 15 is 0 Å². The van der Waals surface area contributed by atoms with Crippen LogP contribution in [0.15, 0.2) is 36.5 Å². The van der Waals surface area contributed by atoms with Gasteiger partial charge in [-0.2, -0.15) is 0 Å². The second-order valence-corrected chi connectivity index (χ2v) is 3.78. The molecule has 0 spiro atoms. The molecule has 0 aliphatic heterocycles. The highest BCUT2D eigenvalue weighted by atomic mass is 16.5. The molecular weight excluding hydrogens is 230 g/mol. The lowest BCUT2D eigenvalue weighted by Gasteiger charge is -2.16. The van der Waals surface area contributed by atoms with Gasteiger partial charge in [-0.25, -0.2) is 10.1 Å². The molecule has 18 heavy (non-hydrogen) atoms. The maximum Gasteiger partial charge on any atom is 0.0883 e. The first-order chi connectivity index (χ1) is 8.86. The fraction of sp³-hybridized carbons (Fsp3) is 0.333. The van der Waals surface area contributed by atoms with Crippen molar-refractivity contribution in [1.29, 1.82) is 0 Å². The normalized spacial score (nSPS) is 12.6. The summed E-state index contributed by atoms with van der Waals surface area (Å²) in [6.45, 7) is 3.07. The fourth-order valence-corrected chi connectivity index (χ4v) is 1.71. The van der Waals surface area contributed by atoms with Crippen LogP contribution in [0.3, 0.4) is 0 Å². The van der Waals surface area contributed by atoms with Crippen molar-refractivity contribution >= 4 is 0 Å². The molecule has 3 N–H and O–H groups in total. The molecule has 1 atom stereocenters. The van der Waals surface area contributed by atoms with Crippen molar-refractivity contribution in [3.63, 3.8) is 0 Å². The highest BCUT2D eigenvalue weighted by Crippen LogP contribution is 2.15. The first-order valence-electron chi connectivity index (χ1n) is 5.86. The second-order valence-electron chi connectivity index (χ2n) is 3.78. The summed E-state index contributed by atoms with van der Waals surface area (Å²) in [6, 6.07) is 9.65. The predicted octanol–water partition coefficient (Wildman–Crippen LogP) is 0.808. The molecule has 0 bridgehead atoms. The molecule has 6 heteroatoms. The summed E-state index contributed by atoms with van der Waals surface area (Å²) in [5.41, 5.74) is 4.54. The molecule has 0 amide bonds. The third-order valence-electron chi connectivity index (χ3n) is 2.62. The summed E-state index contributed by atoms with van der Waals surface area (Å²) in [6.07, 6.45) is 1.69. The molecule has 2 aromatic rings. The zero-order chi connectivity index (χ0) is 12.8. The van der Waals surface area contributed by atoms with E-state index in [0.29, 0.717) is 13.2 Å². The SMILES string of the molecule is CCOCC(NN)c1cnnn1-c1ccccc1. The Hall–Kier alpha value is -1.76. The van der Waals surface area contributed by atoms with E-state index in [1.807, 2.05) is 37.3 Å². The molecule has 0 aliphatic rings. The summed E-state index contributed by atoms with van der Waals surface area (Å²) < 4.78 is 7.14. The van der Waals surface area contributed by atoms with Crippen LogP contribution in [-0.4, -0.2) is 28.2 Å². The van der Waals surface area contributed by atoms with Crippen LogP contribution in [0.2, 0.25) is 0 Å². The summed E-state index contributed by atoms with van der Waals surface area (Å²) in [7, 11) is 0. The van der Waals surface area contributed by atoms with Crippen LogP contribution in [0.5, 0.6) is 0 Å². The van der Waals surface area contributed by atoms with E-state index in [1.54, 1.807) is 10.9 Å². The molecule has 2 rings (SSSR count). The zero-order valence-corrected chi connectivity index (χ0v) is 10.3. The van der Waals surface area contributed by atoms with E-state index in [-0.39, 0.29) is 6.04 Å². The van der Waals surface area contributed by atoms with Gasteiger partial charge in [-0.3, -0.25) is 5.84 Å². The topological polar surface area (TPSA) is 78.0 Å². The third kappa shape index (κ3) is 2.73. The van der Waals surface area contributed by atoms with Gasteiger partial charge in [-0.1, -0.05) is 23.4 Å². The summed E-state index contributed by atoms with van der Waals surface area (Å²) in [4.78, 5) is 0. The molecule has 1 aromatic heterocycles. The summed E-state index contributed by atoms with van der Waals surface area (Å²) in [5.74, 6) is 5.55. The van der Waals surface area contributed by atoms with Gasteiger partial charge in [0.25, 0.3) is 0 Å². The Labute approximate surface area is 106 Å². The molecule has 1 heterocycles. The highest BCUT2D eigenvalue weighted by Gasteiger charge is 2.16. The Balaban J connectivity index is 2.26. The number of nitrogens with zero attached hydrogens (tertiary/aromatic N) is 3. The lowest BCUT2D eigenvalue weighted by atomic mass is 10.2. The lowest BCUT2D eigenvalue weighted by Crippen LogP contribution is -2.33. The van der Waals surface area contributed by atoms with Gasteiger partial charge in [-0.05, 0) is 19.1 Å². The Morgan fingerprint density at radius 1 is 1.39 bits per heavy atom. The maximum atomic E-state index is 5.55. The number of hydrogen-bond acceptors (Lipinski definition) is 5. The summed E-state index contributed by atoms with van der Waals surface area (Å²) >= 11 is 0. The van der Waals surface area contributed by atoms with Gasteiger partial charge in [0.05, 0.1) is 30.2 Å². The van der Waals surface area contributed by atoms with E-state index in [1.165, 1.54) is 0 Å². The van der Waals surface area contributed by atoms with Gasteiger partial charge in [0.1, 0.15) is 0 Å². The molecule has 0 saturated carbocycles. The molecule has 0 radical (unpaired) electrons. The first-order valence-corrected chi connectivity index (χ1v) is 5.86. The van der Waals surface area contributed by atoms with Gasteiger partial charge in [-0.15, -0.1) is 5.10 Å². The van der Waals surface area contributed by atoms with Crippen molar-refractivity contribution in [3.05, 3.63) is 42.2 Å². The van der Waals surface area contributed by atoms with Gasteiger partial charge in [0.2, 0.25) is 0 Å². The van der Waals surface area contributed by atoms with E-state index in [0.717, 1.165) is 11.4 Å². The standard InChI is InChI=1S/C12H17N5O/c1-2-18-9-11(15-13)12-8-14-16-17(12)10-6-4-3-5-7-10/h3-8,11,15H,2,9,13H2,1H3. The highest BCUT2D eigenvalue weighted by molar-refractivity contribution is 5.32. The van der Waals surface area contributed by atoms with E-state index < -0.39 is 0 Å². The first kappa shape index (κ1) is 12.7. The van der Waals surface area contributed by atoms with E-state index in [9.17, 15) is 0 Å². The molecule has 0 fully saturated rings. The Bertz CT molecular complexity index is 470. The number of aromatic nitrogens is 3. The van der Waals surface area contributed by atoms with Crippen LogP contribution < -0.4 is 11.3 Å². The fourth-order valence-electron chi connectivity index (χ4n) is 1.71. The number of para-hydroxylation sites is 1. The van der Waals surface area contributed by atoms with Crippen LogP contribution in [0, 0.1) is 0 Å². The van der Waals surface area contributed by atoms with Gasteiger partial charge >= 0.3 is 0 Å². The van der Waals surface area contributed by atoms with Crippen molar-refractivity contribution in [3.8, 4) is 5.69 Å². The smallest absolute Gasteiger partial charge is 0.0883 e. The third-order valence-corrected chi connectivity index (χ3v) is 2.62. The van der Waals surface area contributed by atoms with Crippen molar-refractivity contribution in [1.82, 2.24) is 20.4 Å². The minimum atomic E-state index is -0.139. The van der Waals surface area contributed by atoms with Crippen LogP contribution in [0.1, 0.15) is 18.7 Å². The van der Waals surface area contributed by atoms with E-state index in [2.05, 4.69) is 15.7 Å². The number of hydrazine groups is 1. The van der Waals surface area contributed by atoms with Crippen molar-refractivity contribution in [2.75, 3.05) is 13.2 Å². The molecule has 1 aromatic carbocycles. The molecule has 1 unspecified atom stereocenters. The second kappa shape index (κ2) is 6.25. The van der Waals surface area contributed by atoms with Crippen LogP contribution in [0.25, 0.3) is 5.69 Å². The Kier molecular flexibility index (Phi) is 4.40. The quantitative estimate of drug-likeness (QED) is 0.583. The zero-order valence-electron chi connectivity index (χ0n) is 10.3. The van der Waals surface area contributed by atoms with Crippen molar-refractivity contribution < 1.29 is 4.74 Å². The van der Waals surface area contributed by atoms with Crippen molar-refractivity contribution in [2.24, 2.45) is 5.84 Å². The van der Waals surface area contributed by atoms with Crippen molar-refractivity contribution in [2.45, 2.75) is 13.0 Å². The molecule has 6 nitrogen and oxygen atoms in total. The Morgan fingerprint density at radius 3 is 2.83 bits per heavy atom. The minimum Gasteiger partial charge on any atom is -0.380 e. The van der Waals surface area contributed by atoms with Gasteiger partial charge < -0.3 is 4.74 Å². The summed E-state index contributed by atoms with van der Waals surface area (Å²) in [5, 5.41) is 8.02. The lowest BCUT2D eigenvalue weighted by molar-refractivity contribution is 0.121. The van der Waals surface area contributed by atoms with Crippen LogP contribution in [0.4, 0.5) is 0 Å². The number of hydrogen-bond donors (Lipinski definition) is 2. The predicted molar refractivity (Wildman–Crippen MR) is 67.9 cm³/mol. The number of ether oxygens (including phenoxy) is 1. The monoisotopic (exact) mass is 247 g/mol. The molecule has 0 aliphatic carbocycles. The molecule has 96 valence electrons. The molecular formula is C12H17N5O. The number of nitrogens with one attached hydrogen (secondary N) is 1. The average molecular weight is 247 g/mol. The largest absolute Gasteiger partial charge is 0.380 e. The molecule has 0 saturated heterocycles. The number of rotatable bonds is 6. The average Bonchev–Trinajstić information content (AvgIpc) is 2.90. The van der Waals surface area contributed by atoms with Gasteiger partial charge in [0.15, 0.2) is 0 Å². The minimum absolute atomic E-state index is 0.139. The number of nitrogens with two attached hydrogens (primary N) is 1. The van der Waals surface area contributed by atoms with E-state index in [4.69, 9.17) is 10.6 Å². The van der Waals surface area contributed by atoms with Crippen LogP contribution >= 0.6 is 0 Å². The van der Waals surface area contributed by atoms with Crippen LogP contribution in [-0.2, 0) is 4.74 Å². The maximum absolute atomic E-state index is 5.55. The number of benzene rings is 1. The van der Waals surface area contributed by atoms with Gasteiger partial charge in [0, 0.05) is 6.61 Å².